The van der Waals surface area contributed by atoms with Crippen LogP contribution in [0.5, 0.6) is 0 Å². The molecule has 1 saturated heterocycles. The van der Waals surface area contributed by atoms with Gasteiger partial charge >= 0.3 is 0 Å². The van der Waals surface area contributed by atoms with E-state index in [2.05, 4.69) is 15.2 Å². The number of aliphatic imine (C=N–C) groups is 1. The van der Waals surface area contributed by atoms with Gasteiger partial charge in [0.1, 0.15) is 0 Å². The summed E-state index contributed by atoms with van der Waals surface area (Å²) in [7, 11) is 0. The summed E-state index contributed by atoms with van der Waals surface area (Å²) in [6.45, 7) is 5.59. The maximum atomic E-state index is 11.8. The first-order chi connectivity index (χ1) is 6.79. The largest absolute Gasteiger partial charge is 0.365 e. The number of carbonyl (C=O) groups is 1. The highest BCUT2D eigenvalue weighted by Gasteiger charge is 2.24. The summed E-state index contributed by atoms with van der Waals surface area (Å²) in [5.74, 6) is 0.131. The molecule has 2 aliphatic heterocycles. The molecule has 2 heterocycles. The van der Waals surface area contributed by atoms with E-state index in [9.17, 15) is 4.79 Å². The van der Waals surface area contributed by atoms with Gasteiger partial charge in [-0.1, -0.05) is 6.92 Å². The first kappa shape index (κ1) is 9.40. The van der Waals surface area contributed by atoms with Crippen LogP contribution in [0.3, 0.4) is 0 Å². The zero-order chi connectivity index (χ0) is 9.97. The number of allylic oxidation sites excluding steroid dienone is 1. The number of piperazine rings is 1. The van der Waals surface area contributed by atoms with Gasteiger partial charge in [0, 0.05) is 32.4 Å². The van der Waals surface area contributed by atoms with Crippen LogP contribution in [0.2, 0.25) is 0 Å². The quantitative estimate of drug-likeness (QED) is 0.638. The zero-order valence-corrected chi connectivity index (χ0v) is 8.36. The van der Waals surface area contributed by atoms with Gasteiger partial charge in [-0.2, -0.15) is 0 Å². The number of hydrogen-bond donors (Lipinski definition) is 1. The number of nitrogens with one attached hydrogen (secondary N) is 1. The maximum Gasteiger partial charge on any atom is 0.188 e. The summed E-state index contributed by atoms with van der Waals surface area (Å²) in [5, 5.41) is 3.26. The van der Waals surface area contributed by atoms with E-state index < -0.39 is 0 Å². The Morgan fingerprint density at radius 1 is 1.50 bits per heavy atom. The molecule has 0 amide bonds. The minimum Gasteiger partial charge on any atom is -0.365 e. The minimum absolute atomic E-state index is 0.0649. The van der Waals surface area contributed by atoms with E-state index in [-0.39, 0.29) is 11.7 Å². The Kier molecular flexibility index (Phi) is 2.63. The number of nitrogens with zero attached hydrogens (tertiary/aromatic N) is 2. The van der Waals surface area contributed by atoms with Crippen LogP contribution in [-0.4, -0.2) is 43.1 Å². The number of carbonyl (C=O) groups excluding carboxylic acids is 1. The van der Waals surface area contributed by atoms with Gasteiger partial charge in [-0.05, 0) is 0 Å². The Labute approximate surface area is 83.7 Å². The Hall–Kier alpha value is -1.16. The first-order valence-corrected chi connectivity index (χ1v) is 5.02. The standard InChI is InChI=1S/C10H15N3O/c1-8-6-12-7-9(10(8)14)13-4-2-11-3-5-13/h6-8,11H,2-5H2,1H3. The van der Waals surface area contributed by atoms with Gasteiger partial charge in [0.25, 0.3) is 0 Å². The van der Waals surface area contributed by atoms with Crippen LogP contribution >= 0.6 is 0 Å². The molecule has 0 aliphatic carbocycles. The van der Waals surface area contributed by atoms with Crippen molar-refractivity contribution in [3.05, 3.63) is 11.9 Å². The lowest BCUT2D eigenvalue weighted by molar-refractivity contribution is -0.118. The summed E-state index contributed by atoms with van der Waals surface area (Å²) >= 11 is 0. The second-order valence-electron chi connectivity index (χ2n) is 3.70. The van der Waals surface area contributed by atoms with Crippen molar-refractivity contribution in [2.75, 3.05) is 26.2 Å². The fourth-order valence-corrected chi connectivity index (χ4v) is 1.75. The summed E-state index contributed by atoms with van der Waals surface area (Å²) in [6.07, 6.45) is 3.39. The topological polar surface area (TPSA) is 44.7 Å². The molecule has 14 heavy (non-hydrogen) atoms. The van der Waals surface area contributed by atoms with Crippen molar-refractivity contribution in [3.63, 3.8) is 0 Å². The highest BCUT2D eigenvalue weighted by Crippen LogP contribution is 2.15. The highest BCUT2D eigenvalue weighted by molar-refractivity contribution is 6.06. The van der Waals surface area contributed by atoms with Crippen molar-refractivity contribution in [1.29, 1.82) is 0 Å². The summed E-state index contributed by atoms with van der Waals surface area (Å²) in [6, 6.07) is 0. The molecule has 1 N–H and O–H groups in total. The lowest BCUT2D eigenvalue weighted by Gasteiger charge is -2.31. The van der Waals surface area contributed by atoms with Gasteiger partial charge < -0.3 is 10.2 Å². The molecule has 0 spiro atoms. The van der Waals surface area contributed by atoms with Crippen LogP contribution in [0.15, 0.2) is 16.9 Å². The van der Waals surface area contributed by atoms with E-state index in [0.717, 1.165) is 31.9 Å². The number of ketones is 1. The van der Waals surface area contributed by atoms with Crippen molar-refractivity contribution in [2.24, 2.45) is 10.9 Å². The van der Waals surface area contributed by atoms with E-state index in [4.69, 9.17) is 0 Å². The Balaban J connectivity index is 2.12. The third kappa shape index (κ3) is 1.70. The van der Waals surface area contributed by atoms with E-state index in [1.165, 1.54) is 0 Å². The molecule has 0 aromatic rings. The van der Waals surface area contributed by atoms with Crippen LogP contribution in [0, 0.1) is 5.92 Å². The van der Waals surface area contributed by atoms with Crippen LogP contribution in [0.4, 0.5) is 0 Å². The van der Waals surface area contributed by atoms with Gasteiger partial charge in [0.15, 0.2) is 5.78 Å². The predicted octanol–water partition coefficient (Wildman–Crippen LogP) is 0.0226. The van der Waals surface area contributed by atoms with Crippen LogP contribution in [-0.2, 0) is 4.79 Å². The number of Topliss-reactive ketones (excluding diaryl/α,β-unsaturated/α-hetero) is 1. The van der Waals surface area contributed by atoms with E-state index >= 15 is 0 Å². The Morgan fingerprint density at radius 2 is 2.21 bits per heavy atom. The molecular formula is C10H15N3O. The Bertz CT molecular complexity index is 290. The van der Waals surface area contributed by atoms with Gasteiger partial charge in [0.2, 0.25) is 0 Å². The molecule has 0 aromatic heterocycles. The maximum absolute atomic E-state index is 11.8. The Morgan fingerprint density at radius 3 is 2.93 bits per heavy atom. The number of rotatable bonds is 1. The fraction of sp³-hybridized carbons (Fsp3) is 0.600. The molecule has 1 atom stereocenters. The van der Waals surface area contributed by atoms with E-state index in [0.29, 0.717) is 0 Å². The normalized spacial score (nSPS) is 27.8. The molecule has 4 heteroatoms. The van der Waals surface area contributed by atoms with Crippen molar-refractivity contribution in [2.45, 2.75) is 6.92 Å². The molecule has 4 nitrogen and oxygen atoms in total. The SMILES string of the molecule is CC1C=NC=C(N2CCNCC2)C1=O. The third-order valence-corrected chi connectivity index (χ3v) is 2.63. The van der Waals surface area contributed by atoms with Crippen LogP contribution in [0.25, 0.3) is 0 Å². The van der Waals surface area contributed by atoms with E-state index in [1.807, 2.05) is 6.92 Å². The molecular weight excluding hydrogens is 178 g/mol. The molecule has 1 fully saturated rings. The number of hydrogen-bond acceptors (Lipinski definition) is 4. The molecule has 2 aliphatic rings. The summed E-state index contributed by atoms with van der Waals surface area (Å²) < 4.78 is 0. The molecule has 0 radical (unpaired) electrons. The van der Waals surface area contributed by atoms with Crippen LogP contribution < -0.4 is 5.32 Å². The van der Waals surface area contributed by atoms with Gasteiger partial charge in [-0.3, -0.25) is 9.79 Å². The molecule has 0 aromatic carbocycles. The average Bonchev–Trinajstić information content (AvgIpc) is 2.23. The highest BCUT2D eigenvalue weighted by atomic mass is 16.1. The molecule has 0 saturated carbocycles. The molecule has 2 rings (SSSR count). The van der Waals surface area contributed by atoms with Crippen molar-refractivity contribution in [3.8, 4) is 0 Å². The summed E-state index contributed by atoms with van der Waals surface area (Å²) in [4.78, 5) is 18.0. The second kappa shape index (κ2) is 3.92. The second-order valence-corrected chi connectivity index (χ2v) is 3.70. The lowest BCUT2D eigenvalue weighted by Crippen LogP contribution is -2.45. The minimum atomic E-state index is -0.0649. The van der Waals surface area contributed by atoms with Gasteiger partial charge in [-0.25, -0.2) is 0 Å². The lowest BCUT2D eigenvalue weighted by atomic mass is 10.0. The van der Waals surface area contributed by atoms with Gasteiger partial charge in [-0.15, -0.1) is 0 Å². The molecule has 76 valence electrons. The first-order valence-electron chi connectivity index (χ1n) is 5.02. The third-order valence-electron chi connectivity index (χ3n) is 2.63. The van der Waals surface area contributed by atoms with Crippen molar-refractivity contribution in [1.82, 2.24) is 10.2 Å². The van der Waals surface area contributed by atoms with Crippen molar-refractivity contribution >= 4 is 12.0 Å². The zero-order valence-electron chi connectivity index (χ0n) is 8.36. The van der Waals surface area contributed by atoms with Crippen LogP contribution in [0.1, 0.15) is 6.92 Å². The monoisotopic (exact) mass is 193 g/mol. The van der Waals surface area contributed by atoms with Crippen molar-refractivity contribution < 1.29 is 4.79 Å². The molecule has 1 unspecified atom stereocenters. The summed E-state index contributed by atoms with van der Waals surface area (Å²) in [5.41, 5.74) is 0.779. The van der Waals surface area contributed by atoms with E-state index in [1.54, 1.807) is 12.4 Å². The predicted molar refractivity (Wildman–Crippen MR) is 55.2 cm³/mol. The smallest absolute Gasteiger partial charge is 0.188 e. The fourth-order valence-electron chi connectivity index (χ4n) is 1.75. The molecule has 0 bridgehead atoms. The average molecular weight is 193 g/mol. The van der Waals surface area contributed by atoms with Gasteiger partial charge in [0.05, 0.1) is 17.8 Å².